The zero-order chi connectivity index (χ0) is 12.4. The molecule has 1 aromatic rings. The van der Waals surface area contributed by atoms with E-state index < -0.39 is 6.10 Å². The molecule has 0 radical (unpaired) electrons. The standard InChI is InChI=1S/C11H14ClNO4/c1-13-5-7(14)6-4-8-11(9(12)10(6)15)17-3-2-16-8/h4,7,13-15H,2-3,5H2,1H3. The van der Waals surface area contributed by atoms with Crippen LogP contribution in [0.5, 0.6) is 17.2 Å². The van der Waals surface area contributed by atoms with Crippen molar-refractivity contribution in [2.24, 2.45) is 0 Å². The Morgan fingerprint density at radius 1 is 1.47 bits per heavy atom. The number of aromatic hydroxyl groups is 1. The summed E-state index contributed by atoms with van der Waals surface area (Å²) in [6, 6.07) is 1.55. The van der Waals surface area contributed by atoms with Crippen LogP contribution >= 0.6 is 11.6 Å². The molecule has 17 heavy (non-hydrogen) atoms. The second-order valence-electron chi connectivity index (χ2n) is 3.73. The maximum absolute atomic E-state index is 9.90. The van der Waals surface area contributed by atoms with E-state index in [4.69, 9.17) is 21.1 Å². The molecule has 0 fully saturated rings. The third-order valence-electron chi connectivity index (χ3n) is 2.53. The zero-order valence-corrected chi connectivity index (χ0v) is 10.1. The number of hydrogen-bond acceptors (Lipinski definition) is 5. The topological polar surface area (TPSA) is 71.0 Å². The number of ether oxygens (including phenoxy) is 2. The van der Waals surface area contributed by atoms with E-state index >= 15 is 0 Å². The van der Waals surface area contributed by atoms with E-state index in [-0.39, 0.29) is 10.8 Å². The minimum absolute atomic E-state index is 0.0763. The maximum atomic E-state index is 9.90. The summed E-state index contributed by atoms with van der Waals surface area (Å²) in [4.78, 5) is 0. The van der Waals surface area contributed by atoms with E-state index in [9.17, 15) is 10.2 Å². The summed E-state index contributed by atoms with van der Waals surface area (Å²) < 4.78 is 10.7. The number of rotatable bonds is 3. The number of halogens is 1. The van der Waals surface area contributed by atoms with E-state index in [1.807, 2.05) is 0 Å². The van der Waals surface area contributed by atoms with Gasteiger partial charge >= 0.3 is 0 Å². The van der Waals surface area contributed by atoms with Gasteiger partial charge in [-0.15, -0.1) is 0 Å². The number of nitrogens with one attached hydrogen (secondary N) is 1. The lowest BCUT2D eigenvalue weighted by atomic mass is 10.1. The highest BCUT2D eigenvalue weighted by Gasteiger charge is 2.24. The predicted molar refractivity (Wildman–Crippen MR) is 63.0 cm³/mol. The third-order valence-corrected chi connectivity index (χ3v) is 2.89. The minimum atomic E-state index is -0.853. The molecule has 0 aliphatic carbocycles. The Morgan fingerprint density at radius 2 is 2.18 bits per heavy atom. The molecule has 1 atom stereocenters. The molecule has 1 aliphatic rings. The first kappa shape index (κ1) is 12.3. The molecule has 0 amide bonds. The number of aliphatic hydroxyl groups excluding tert-OH is 1. The number of likely N-dealkylation sites (N-methyl/N-ethyl adjacent to an activating group) is 1. The fraction of sp³-hybridized carbons (Fsp3) is 0.455. The first-order valence-corrected chi connectivity index (χ1v) is 5.66. The second kappa shape index (κ2) is 5.00. The molecule has 1 aromatic carbocycles. The van der Waals surface area contributed by atoms with Crippen LogP contribution in [0.15, 0.2) is 6.07 Å². The van der Waals surface area contributed by atoms with Crippen molar-refractivity contribution in [1.82, 2.24) is 5.32 Å². The molecule has 94 valence electrons. The van der Waals surface area contributed by atoms with Gasteiger partial charge in [0.1, 0.15) is 24.0 Å². The first-order valence-electron chi connectivity index (χ1n) is 5.28. The summed E-state index contributed by atoms with van der Waals surface area (Å²) >= 11 is 5.97. The molecule has 2 rings (SSSR count). The van der Waals surface area contributed by atoms with Crippen LogP contribution in [-0.2, 0) is 0 Å². The molecule has 3 N–H and O–H groups in total. The molecule has 0 saturated heterocycles. The summed E-state index contributed by atoms with van der Waals surface area (Å²) in [5.41, 5.74) is 0.327. The van der Waals surface area contributed by atoms with Gasteiger partial charge in [0.2, 0.25) is 0 Å². The van der Waals surface area contributed by atoms with E-state index in [1.165, 1.54) is 0 Å². The first-order chi connectivity index (χ1) is 8.15. The molecule has 1 unspecified atom stereocenters. The Labute approximate surface area is 104 Å². The SMILES string of the molecule is CNCC(O)c1cc2c(c(Cl)c1O)OCCO2. The lowest BCUT2D eigenvalue weighted by Gasteiger charge is -2.22. The lowest BCUT2D eigenvalue weighted by Crippen LogP contribution is -2.19. The molecule has 0 bridgehead atoms. The van der Waals surface area contributed by atoms with Crippen LogP contribution in [0.25, 0.3) is 0 Å². The Hall–Kier alpha value is -1.17. The molecular formula is C11H14ClNO4. The summed E-state index contributed by atoms with van der Waals surface area (Å²) in [7, 11) is 1.71. The van der Waals surface area contributed by atoms with Gasteiger partial charge in [0, 0.05) is 12.1 Å². The molecular weight excluding hydrogens is 246 g/mol. The van der Waals surface area contributed by atoms with Gasteiger partial charge in [-0.25, -0.2) is 0 Å². The van der Waals surface area contributed by atoms with Crippen LogP contribution in [-0.4, -0.2) is 37.0 Å². The number of phenolic OH excluding ortho intramolecular Hbond substituents is 1. The zero-order valence-electron chi connectivity index (χ0n) is 9.36. The largest absolute Gasteiger partial charge is 0.506 e. The van der Waals surface area contributed by atoms with E-state index in [2.05, 4.69) is 5.32 Å². The second-order valence-corrected chi connectivity index (χ2v) is 4.10. The highest BCUT2D eigenvalue weighted by molar-refractivity contribution is 6.33. The van der Waals surface area contributed by atoms with Crippen molar-refractivity contribution in [2.75, 3.05) is 26.8 Å². The van der Waals surface area contributed by atoms with Crippen molar-refractivity contribution in [3.05, 3.63) is 16.7 Å². The van der Waals surface area contributed by atoms with Crippen LogP contribution < -0.4 is 14.8 Å². The number of phenols is 1. The average molecular weight is 260 g/mol. The van der Waals surface area contributed by atoms with Crippen LogP contribution in [0.3, 0.4) is 0 Å². The van der Waals surface area contributed by atoms with Crippen molar-refractivity contribution >= 4 is 11.6 Å². The average Bonchev–Trinajstić information content (AvgIpc) is 2.34. The van der Waals surface area contributed by atoms with E-state index in [0.717, 1.165) is 0 Å². The quantitative estimate of drug-likeness (QED) is 0.757. The van der Waals surface area contributed by atoms with Gasteiger partial charge in [-0.1, -0.05) is 11.6 Å². The highest BCUT2D eigenvalue weighted by Crippen LogP contribution is 2.46. The summed E-state index contributed by atoms with van der Waals surface area (Å²) in [6.07, 6.45) is -0.853. The van der Waals surface area contributed by atoms with E-state index in [1.54, 1.807) is 13.1 Å². The molecule has 1 aliphatic heterocycles. The van der Waals surface area contributed by atoms with Crippen molar-refractivity contribution in [2.45, 2.75) is 6.10 Å². The smallest absolute Gasteiger partial charge is 0.183 e. The summed E-state index contributed by atoms with van der Waals surface area (Å²) in [5.74, 6) is 0.610. The van der Waals surface area contributed by atoms with Gasteiger partial charge in [0.25, 0.3) is 0 Å². The van der Waals surface area contributed by atoms with Gasteiger partial charge in [0.05, 0.1) is 6.10 Å². The highest BCUT2D eigenvalue weighted by atomic mass is 35.5. The number of hydrogen-bond donors (Lipinski definition) is 3. The van der Waals surface area contributed by atoms with Gasteiger partial charge in [-0.2, -0.15) is 0 Å². The molecule has 6 heteroatoms. The van der Waals surface area contributed by atoms with Crippen LogP contribution in [0.4, 0.5) is 0 Å². The van der Waals surface area contributed by atoms with Crippen LogP contribution in [0, 0.1) is 0 Å². The van der Waals surface area contributed by atoms with E-state index in [0.29, 0.717) is 36.8 Å². The summed E-state index contributed by atoms with van der Waals surface area (Å²) in [6.45, 7) is 1.13. The minimum Gasteiger partial charge on any atom is -0.506 e. The Kier molecular flexibility index (Phi) is 3.61. The fourth-order valence-electron chi connectivity index (χ4n) is 1.71. The third kappa shape index (κ3) is 2.26. The molecule has 5 nitrogen and oxygen atoms in total. The van der Waals surface area contributed by atoms with Crippen molar-refractivity contribution in [3.63, 3.8) is 0 Å². The number of fused-ring (bicyclic) bond motifs is 1. The maximum Gasteiger partial charge on any atom is 0.183 e. The molecule has 1 heterocycles. The van der Waals surface area contributed by atoms with Gasteiger partial charge in [-0.3, -0.25) is 0 Å². The van der Waals surface area contributed by atoms with Crippen molar-refractivity contribution < 1.29 is 19.7 Å². The summed E-state index contributed by atoms with van der Waals surface area (Å²) in [5, 5.41) is 22.6. The number of benzene rings is 1. The normalized spacial score (nSPS) is 15.7. The van der Waals surface area contributed by atoms with Crippen LogP contribution in [0.2, 0.25) is 5.02 Å². The Morgan fingerprint density at radius 3 is 2.88 bits per heavy atom. The molecule has 0 saturated carbocycles. The van der Waals surface area contributed by atoms with Crippen molar-refractivity contribution in [1.29, 1.82) is 0 Å². The monoisotopic (exact) mass is 259 g/mol. The Bertz CT molecular complexity index is 424. The van der Waals surface area contributed by atoms with Crippen molar-refractivity contribution in [3.8, 4) is 17.2 Å². The van der Waals surface area contributed by atoms with Gasteiger partial charge in [-0.05, 0) is 13.1 Å². The fourth-order valence-corrected chi connectivity index (χ4v) is 1.97. The van der Waals surface area contributed by atoms with Gasteiger partial charge < -0.3 is 25.0 Å². The predicted octanol–water partition coefficient (Wildman–Crippen LogP) is 1.07. The van der Waals surface area contributed by atoms with Gasteiger partial charge in [0.15, 0.2) is 11.5 Å². The molecule has 0 spiro atoms. The Balaban J connectivity index is 2.43. The lowest BCUT2D eigenvalue weighted by molar-refractivity contribution is 0.161. The number of aliphatic hydroxyl groups is 1. The van der Waals surface area contributed by atoms with Crippen LogP contribution in [0.1, 0.15) is 11.7 Å². The molecule has 0 aromatic heterocycles.